The van der Waals surface area contributed by atoms with Crippen molar-refractivity contribution in [3.63, 3.8) is 0 Å². The van der Waals surface area contributed by atoms with Crippen LogP contribution in [-0.2, 0) is 6.18 Å². The zero-order chi connectivity index (χ0) is 18.8. The molecule has 0 radical (unpaired) electrons. The molecule has 3 nitrogen and oxygen atoms in total. The van der Waals surface area contributed by atoms with Gasteiger partial charge >= 0.3 is 6.18 Å². The molecule has 0 bridgehead atoms. The van der Waals surface area contributed by atoms with Gasteiger partial charge < -0.3 is 9.80 Å². The summed E-state index contributed by atoms with van der Waals surface area (Å²) in [5.41, 5.74) is -2.13. The van der Waals surface area contributed by atoms with Crippen LogP contribution >= 0.6 is 0 Å². The van der Waals surface area contributed by atoms with E-state index in [9.17, 15) is 22.4 Å². The summed E-state index contributed by atoms with van der Waals surface area (Å²) in [5.74, 6) is -2.03. The monoisotopic (exact) mass is 360 g/mol. The third-order valence-corrected chi connectivity index (χ3v) is 4.76. The largest absolute Gasteiger partial charge is 0.417 e. The van der Waals surface area contributed by atoms with Crippen molar-refractivity contribution in [2.75, 3.05) is 26.7 Å². The predicted octanol–water partition coefficient (Wildman–Crippen LogP) is 4.04. The van der Waals surface area contributed by atoms with Gasteiger partial charge in [0.15, 0.2) is 0 Å². The van der Waals surface area contributed by atoms with Gasteiger partial charge in [0.1, 0.15) is 5.82 Å². The van der Waals surface area contributed by atoms with Crippen LogP contribution < -0.4 is 0 Å². The average Bonchev–Trinajstić information content (AvgIpc) is 3.03. The van der Waals surface area contributed by atoms with E-state index in [1.165, 1.54) is 11.9 Å². The quantitative estimate of drug-likeness (QED) is 0.740. The fourth-order valence-corrected chi connectivity index (χ4v) is 3.31. The number of amides is 1. The van der Waals surface area contributed by atoms with E-state index in [4.69, 9.17) is 0 Å². The maximum atomic E-state index is 14.1. The average molecular weight is 360 g/mol. The van der Waals surface area contributed by atoms with Crippen molar-refractivity contribution in [1.29, 1.82) is 0 Å². The summed E-state index contributed by atoms with van der Waals surface area (Å²) < 4.78 is 53.7. The van der Waals surface area contributed by atoms with Crippen LogP contribution in [0, 0.1) is 11.7 Å². The van der Waals surface area contributed by atoms with E-state index in [1.807, 2.05) is 13.8 Å². The predicted molar refractivity (Wildman–Crippen MR) is 87.8 cm³/mol. The topological polar surface area (TPSA) is 23.6 Å². The Morgan fingerprint density at radius 1 is 1.24 bits per heavy atom. The van der Waals surface area contributed by atoms with E-state index in [0.717, 1.165) is 44.1 Å². The third kappa shape index (κ3) is 4.51. The molecule has 1 amide bonds. The lowest BCUT2D eigenvalue weighted by Gasteiger charge is -2.35. The summed E-state index contributed by atoms with van der Waals surface area (Å²) in [6.07, 6.45) is -2.63. The first-order valence-corrected chi connectivity index (χ1v) is 8.48. The Morgan fingerprint density at radius 3 is 2.36 bits per heavy atom. The minimum absolute atomic E-state index is 0.0376. The van der Waals surface area contributed by atoms with Gasteiger partial charge in [-0.2, -0.15) is 13.2 Å². The lowest BCUT2D eigenvalue weighted by Crippen LogP contribution is -2.47. The summed E-state index contributed by atoms with van der Waals surface area (Å²) in [7, 11) is 1.45. The zero-order valence-corrected chi connectivity index (χ0v) is 14.7. The Kier molecular flexibility index (Phi) is 6.08. The van der Waals surface area contributed by atoms with Gasteiger partial charge in [0, 0.05) is 19.6 Å². The highest BCUT2D eigenvalue weighted by atomic mass is 19.4. The number of carbonyl (C=O) groups is 1. The van der Waals surface area contributed by atoms with Crippen LogP contribution in [-0.4, -0.2) is 48.4 Å². The van der Waals surface area contributed by atoms with Gasteiger partial charge in [0.25, 0.3) is 5.91 Å². The molecule has 0 N–H and O–H groups in total. The summed E-state index contributed by atoms with van der Waals surface area (Å²) in [4.78, 5) is 16.2. The van der Waals surface area contributed by atoms with Crippen molar-refractivity contribution in [2.24, 2.45) is 5.92 Å². The van der Waals surface area contributed by atoms with Crippen molar-refractivity contribution in [1.82, 2.24) is 9.80 Å². The zero-order valence-electron chi connectivity index (χ0n) is 14.7. The van der Waals surface area contributed by atoms with E-state index in [2.05, 4.69) is 4.90 Å². The van der Waals surface area contributed by atoms with Crippen molar-refractivity contribution in [2.45, 2.75) is 38.9 Å². The minimum atomic E-state index is -4.78. The fourth-order valence-electron chi connectivity index (χ4n) is 3.31. The van der Waals surface area contributed by atoms with Crippen LogP contribution in [0.2, 0.25) is 0 Å². The Morgan fingerprint density at radius 2 is 1.84 bits per heavy atom. The number of likely N-dealkylation sites (N-methyl/N-ethyl adjacent to an activating group) is 1. The number of halogens is 4. The number of hydrogen-bond acceptors (Lipinski definition) is 2. The molecule has 2 rings (SSSR count). The second-order valence-corrected chi connectivity index (χ2v) is 6.90. The van der Waals surface area contributed by atoms with E-state index in [1.54, 1.807) is 0 Å². The molecule has 1 unspecified atom stereocenters. The molecule has 0 saturated carbocycles. The summed E-state index contributed by atoms with van der Waals surface area (Å²) in [6.45, 7) is 6.24. The number of likely N-dealkylation sites (tertiary alicyclic amines) is 1. The minimum Gasteiger partial charge on any atom is -0.337 e. The summed E-state index contributed by atoms with van der Waals surface area (Å²) in [6, 6.07) is 2.32. The second-order valence-electron chi connectivity index (χ2n) is 6.90. The maximum Gasteiger partial charge on any atom is 0.417 e. The number of benzene rings is 1. The van der Waals surface area contributed by atoms with Gasteiger partial charge in [-0.25, -0.2) is 4.39 Å². The second kappa shape index (κ2) is 7.72. The first-order valence-electron chi connectivity index (χ1n) is 8.48. The first-order chi connectivity index (χ1) is 11.6. The molecular formula is C18H24F4N2O. The molecule has 1 aromatic rings. The van der Waals surface area contributed by atoms with Gasteiger partial charge in [0.05, 0.1) is 11.1 Å². The van der Waals surface area contributed by atoms with E-state index in [-0.39, 0.29) is 12.0 Å². The standard InChI is InChI=1S/C18H24F4N2O/c1-12(2)15(11-24-9-4-5-10-24)23(3)17(25)16-13(18(20,21)22)7-6-8-14(16)19/h6-8,12,15H,4-5,9-11H2,1-3H3. The normalized spacial score (nSPS) is 17.1. The van der Waals surface area contributed by atoms with Crippen LogP contribution in [0.3, 0.4) is 0 Å². The Labute approximate surface area is 145 Å². The van der Waals surface area contributed by atoms with Crippen molar-refractivity contribution in [3.8, 4) is 0 Å². The number of carbonyl (C=O) groups excluding carboxylic acids is 1. The van der Waals surface area contributed by atoms with Crippen molar-refractivity contribution in [3.05, 3.63) is 35.1 Å². The number of hydrogen-bond donors (Lipinski definition) is 0. The summed E-state index contributed by atoms with van der Waals surface area (Å²) in [5, 5.41) is 0. The van der Waals surface area contributed by atoms with Crippen LogP contribution in [0.1, 0.15) is 42.6 Å². The highest BCUT2D eigenvalue weighted by molar-refractivity contribution is 5.96. The number of nitrogens with zero attached hydrogens (tertiary/aromatic N) is 2. The van der Waals surface area contributed by atoms with Gasteiger partial charge in [-0.3, -0.25) is 4.79 Å². The number of alkyl halides is 3. The van der Waals surface area contributed by atoms with Gasteiger partial charge in [-0.05, 0) is 44.0 Å². The molecule has 25 heavy (non-hydrogen) atoms. The van der Waals surface area contributed by atoms with Crippen molar-refractivity contribution < 1.29 is 22.4 Å². The highest BCUT2D eigenvalue weighted by Crippen LogP contribution is 2.34. The SMILES string of the molecule is CC(C)C(CN1CCCC1)N(C)C(=O)c1c(F)cccc1C(F)(F)F. The van der Waals surface area contributed by atoms with Crippen molar-refractivity contribution >= 4 is 5.91 Å². The van der Waals surface area contributed by atoms with E-state index >= 15 is 0 Å². The molecular weight excluding hydrogens is 336 g/mol. The molecule has 140 valence electrons. The molecule has 0 spiro atoms. The van der Waals surface area contributed by atoms with Gasteiger partial charge in [-0.1, -0.05) is 19.9 Å². The van der Waals surface area contributed by atoms with Crippen LogP contribution in [0.4, 0.5) is 17.6 Å². The van der Waals surface area contributed by atoms with E-state index in [0.29, 0.717) is 6.54 Å². The summed E-state index contributed by atoms with van der Waals surface area (Å²) >= 11 is 0. The van der Waals surface area contributed by atoms with Crippen LogP contribution in [0.15, 0.2) is 18.2 Å². The molecule has 7 heteroatoms. The molecule has 1 aliphatic heterocycles. The molecule has 1 atom stereocenters. The Balaban J connectivity index is 2.31. The lowest BCUT2D eigenvalue weighted by atomic mass is 9.99. The fraction of sp³-hybridized carbons (Fsp3) is 0.611. The molecule has 1 fully saturated rings. The third-order valence-electron chi connectivity index (χ3n) is 4.76. The lowest BCUT2D eigenvalue weighted by molar-refractivity contribution is -0.138. The molecule has 1 aromatic carbocycles. The smallest absolute Gasteiger partial charge is 0.337 e. The first kappa shape index (κ1) is 19.7. The molecule has 1 heterocycles. The molecule has 0 aliphatic carbocycles. The van der Waals surface area contributed by atoms with Gasteiger partial charge in [0.2, 0.25) is 0 Å². The van der Waals surface area contributed by atoms with E-state index < -0.39 is 29.0 Å². The molecule has 1 saturated heterocycles. The highest BCUT2D eigenvalue weighted by Gasteiger charge is 2.39. The van der Waals surface area contributed by atoms with Crippen LogP contribution in [0.25, 0.3) is 0 Å². The molecule has 0 aromatic heterocycles. The molecule has 1 aliphatic rings. The number of rotatable bonds is 5. The Bertz CT molecular complexity index is 610. The van der Waals surface area contributed by atoms with Crippen LogP contribution in [0.5, 0.6) is 0 Å². The maximum absolute atomic E-state index is 14.1. The van der Waals surface area contributed by atoms with Gasteiger partial charge in [-0.15, -0.1) is 0 Å². The Hall–Kier alpha value is -1.63.